The summed E-state index contributed by atoms with van der Waals surface area (Å²) in [6.07, 6.45) is -3.30. The molecule has 0 radical (unpaired) electrons. The van der Waals surface area contributed by atoms with E-state index in [0.29, 0.717) is 24.2 Å². The van der Waals surface area contributed by atoms with E-state index in [1.165, 1.54) is 0 Å². The summed E-state index contributed by atoms with van der Waals surface area (Å²) in [4.78, 5) is 0. The highest BCUT2D eigenvalue weighted by Gasteiger charge is 2.45. The van der Waals surface area contributed by atoms with Gasteiger partial charge in [-0.1, -0.05) is 13.0 Å². The van der Waals surface area contributed by atoms with Crippen LogP contribution < -0.4 is 10.1 Å². The maximum absolute atomic E-state index is 12.8. The van der Waals surface area contributed by atoms with Crippen molar-refractivity contribution in [3.05, 3.63) is 29.3 Å². The van der Waals surface area contributed by atoms with Gasteiger partial charge in [-0.25, -0.2) is 0 Å². The van der Waals surface area contributed by atoms with Gasteiger partial charge in [-0.3, -0.25) is 0 Å². The van der Waals surface area contributed by atoms with Gasteiger partial charge in [0.15, 0.2) is 0 Å². The molecule has 0 aliphatic carbocycles. The first kappa shape index (κ1) is 13.7. The Morgan fingerprint density at radius 1 is 1.35 bits per heavy atom. The highest BCUT2D eigenvalue weighted by atomic mass is 19.4. The summed E-state index contributed by atoms with van der Waals surface area (Å²) in [6.45, 7) is 5.60. The van der Waals surface area contributed by atoms with Gasteiger partial charge in [0, 0.05) is 11.5 Å². The fraction of sp³-hybridized carbons (Fsp3) is 0.600. The molecular weight excluding hydrogens is 267 g/mol. The Kier molecular flexibility index (Phi) is 3.01. The van der Waals surface area contributed by atoms with Gasteiger partial charge in [0.25, 0.3) is 0 Å². The maximum atomic E-state index is 12.8. The third kappa shape index (κ3) is 2.08. The molecule has 1 N–H and O–H groups in total. The van der Waals surface area contributed by atoms with Gasteiger partial charge < -0.3 is 10.1 Å². The second kappa shape index (κ2) is 4.38. The third-order valence-electron chi connectivity index (χ3n) is 4.63. The molecule has 0 saturated carbocycles. The number of piperidine rings is 1. The molecule has 20 heavy (non-hydrogen) atoms. The Morgan fingerprint density at radius 3 is 2.80 bits per heavy atom. The third-order valence-corrected chi connectivity index (χ3v) is 4.63. The number of benzene rings is 1. The van der Waals surface area contributed by atoms with Crippen molar-refractivity contribution in [3.8, 4) is 5.75 Å². The fourth-order valence-electron chi connectivity index (χ4n) is 3.32. The van der Waals surface area contributed by atoms with Crippen LogP contribution in [0.4, 0.5) is 13.2 Å². The largest absolute Gasteiger partial charge is 0.493 e. The van der Waals surface area contributed by atoms with Gasteiger partial charge in [0.05, 0.1) is 17.7 Å². The normalized spacial score (nSPS) is 33.0. The summed E-state index contributed by atoms with van der Waals surface area (Å²) < 4.78 is 43.9. The lowest BCUT2D eigenvalue weighted by Crippen LogP contribution is -2.56. The number of nitrogens with one attached hydrogen (secondary N) is 1. The standard InChI is InChI=1S/C15H18F3NO/c1-9-5-11-8-20-13-6-10(15(16,17)18)3-4-12(13)14(11,2)19-7-9/h3-4,6,9,11,19H,5,7-8H2,1-2H3/t9-,11-,14+/m1/s1. The van der Waals surface area contributed by atoms with Crippen molar-refractivity contribution in [1.29, 1.82) is 0 Å². The van der Waals surface area contributed by atoms with E-state index in [1.54, 1.807) is 6.07 Å². The molecule has 0 unspecified atom stereocenters. The minimum Gasteiger partial charge on any atom is -0.493 e. The molecule has 2 aliphatic heterocycles. The average Bonchev–Trinajstić information content (AvgIpc) is 2.38. The van der Waals surface area contributed by atoms with Gasteiger partial charge in [0.2, 0.25) is 0 Å². The van der Waals surface area contributed by atoms with Crippen molar-refractivity contribution in [1.82, 2.24) is 5.32 Å². The van der Waals surface area contributed by atoms with Gasteiger partial charge in [-0.2, -0.15) is 13.2 Å². The molecule has 0 spiro atoms. The predicted octanol–water partition coefficient (Wildman–Crippen LogP) is 3.56. The summed E-state index contributed by atoms with van der Waals surface area (Å²) in [7, 11) is 0. The molecule has 5 heteroatoms. The zero-order valence-electron chi connectivity index (χ0n) is 11.6. The Bertz CT molecular complexity index is 528. The van der Waals surface area contributed by atoms with E-state index < -0.39 is 11.7 Å². The Balaban J connectivity index is 2.01. The van der Waals surface area contributed by atoms with Crippen molar-refractivity contribution < 1.29 is 17.9 Å². The maximum Gasteiger partial charge on any atom is 0.416 e. The molecule has 0 bridgehead atoms. The van der Waals surface area contributed by atoms with E-state index in [2.05, 4.69) is 19.2 Å². The fourth-order valence-corrected chi connectivity index (χ4v) is 3.32. The van der Waals surface area contributed by atoms with Crippen LogP contribution >= 0.6 is 0 Å². The number of hydrogen-bond donors (Lipinski definition) is 1. The molecule has 2 aliphatic rings. The first-order chi connectivity index (χ1) is 9.30. The minimum atomic E-state index is -4.33. The lowest BCUT2D eigenvalue weighted by Gasteiger charge is -2.48. The molecule has 2 nitrogen and oxygen atoms in total. The molecule has 1 fully saturated rings. The Hall–Kier alpha value is -1.23. The molecule has 1 saturated heterocycles. The number of rotatable bonds is 0. The van der Waals surface area contributed by atoms with Crippen LogP contribution in [-0.4, -0.2) is 13.2 Å². The van der Waals surface area contributed by atoms with Crippen LogP contribution in [0, 0.1) is 11.8 Å². The number of ether oxygens (including phenoxy) is 1. The summed E-state index contributed by atoms with van der Waals surface area (Å²) in [5.41, 5.74) is -0.0966. The van der Waals surface area contributed by atoms with Crippen LogP contribution in [0.15, 0.2) is 18.2 Å². The van der Waals surface area contributed by atoms with E-state index in [0.717, 1.165) is 30.7 Å². The summed E-state index contributed by atoms with van der Waals surface area (Å²) in [6, 6.07) is 3.83. The molecular formula is C15H18F3NO. The van der Waals surface area contributed by atoms with E-state index in [9.17, 15) is 13.2 Å². The van der Waals surface area contributed by atoms with E-state index in [1.807, 2.05) is 0 Å². The van der Waals surface area contributed by atoms with Crippen LogP contribution in [-0.2, 0) is 11.7 Å². The molecule has 1 aromatic rings. The predicted molar refractivity (Wildman–Crippen MR) is 69.6 cm³/mol. The van der Waals surface area contributed by atoms with E-state index in [-0.39, 0.29) is 5.54 Å². The lowest BCUT2D eigenvalue weighted by molar-refractivity contribution is -0.137. The molecule has 2 heterocycles. The van der Waals surface area contributed by atoms with Gasteiger partial charge in [0.1, 0.15) is 5.75 Å². The number of alkyl halides is 3. The van der Waals surface area contributed by atoms with Crippen molar-refractivity contribution in [2.75, 3.05) is 13.2 Å². The Morgan fingerprint density at radius 2 is 2.10 bits per heavy atom. The SMILES string of the molecule is C[C@H]1CN[C@]2(C)c3ccc(C(F)(F)F)cc3OC[C@H]2C1. The topological polar surface area (TPSA) is 21.3 Å². The molecule has 3 atom stereocenters. The molecule has 0 amide bonds. The number of halogens is 3. The van der Waals surface area contributed by atoms with Crippen molar-refractivity contribution in [2.24, 2.45) is 11.8 Å². The quantitative estimate of drug-likeness (QED) is 0.787. The van der Waals surface area contributed by atoms with Gasteiger partial charge in [-0.15, -0.1) is 0 Å². The highest BCUT2D eigenvalue weighted by Crippen LogP contribution is 2.46. The smallest absolute Gasteiger partial charge is 0.416 e. The van der Waals surface area contributed by atoms with Crippen molar-refractivity contribution in [2.45, 2.75) is 32.0 Å². The highest BCUT2D eigenvalue weighted by molar-refractivity contribution is 5.45. The second-order valence-electron chi connectivity index (χ2n) is 6.14. The van der Waals surface area contributed by atoms with E-state index in [4.69, 9.17) is 4.74 Å². The average molecular weight is 285 g/mol. The summed E-state index contributed by atoms with van der Waals surface area (Å²) in [5.74, 6) is 1.23. The number of fused-ring (bicyclic) bond motifs is 3. The van der Waals surface area contributed by atoms with Crippen LogP contribution in [0.1, 0.15) is 31.4 Å². The first-order valence-corrected chi connectivity index (χ1v) is 6.90. The number of hydrogen-bond acceptors (Lipinski definition) is 2. The zero-order chi connectivity index (χ0) is 14.5. The molecule has 0 aromatic heterocycles. The Labute approximate surface area is 116 Å². The first-order valence-electron chi connectivity index (χ1n) is 6.90. The van der Waals surface area contributed by atoms with Gasteiger partial charge in [-0.05, 0) is 37.9 Å². The molecule has 110 valence electrons. The van der Waals surface area contributed by atoms with Gasteiger partial charge >= 0.3 is 6.18 Å². The lowest BCUT2D eigenvalue weighted by atomic mass is 9.71. The monoisotopic (exact) mass is 285 g/mol. The van der Waals surface area contributed by atoms with Crippen LogP contribution in [0.3, 0.4) is 0 Å². The van der Waals surface area contributed by atoms with Crippen molar-refractivity contribution >= 4 is 0 Å². The van der Waals surface area contributed by atoms with Crippen LogP contribution in [0.5, 0.6) is 5.75 Å². The summed E-state index contributed by atoms with van der Waals surface area (Å²) >= 11 is 0. The van der Waals surface area contributed by atoms with Crippen LogP contribution in [0.25, 0.3) is 0 Å². The van der Waals surface area contributed by atoms with Crippen molar-refractivity contribution in [3.63, 3.8) is 0 Å². The zero-order valence-corrected chi connectivity index (χ0v) is 11.6. The minimum absolute atomic E-state index is 0.287. The summed E-state index contributed by atoms with van der Waals surface area (Å²) in [5, 5.41) is 3.50. The second-order valence-corrected chi connectivity index (χ2v) is 6.14. The van der Waals surface area contributed by atoms with E-state index >= 15 is 0 Å². The molecule has 3 rings (SSSR count). The van der Waals surface area contributed by atoms with Crippen LogP contribution in [0.2, 0.25) is 0 Å². The molecule has 1 aromatic carbocycles.